The Balaban J connectivity index is 2.59. The van der Waals surface area contributed by atoms with Crippen LogP contribution in [0.5, 0.6) is 0 Å². The Morgan fingerprint density at radius 3 is 2.73 bits per heavy atom. The molecular formula is C11H9BrN2O. The molecule has 0 saturated carbocycles. The van der Waals surface area contributed by atoms with E-state index in [1.54, 1.807) is 10.9 Å². The van der Waals surface area contributed by atoms with E-state index in [9.17, 15) is 4.79 Å². The molecule has 0 fully saturated rings. The molecule has 0 aliphatic heterocycles. The summed E-state index contributed by atoms with van der Waals surface area (Å²) in [5.41, 5.74) is 2.39. The number of benzene rings is 1. The third-order valence-corrected chi connectivity index (χ3v) is 2.93. The number of aldehydes is 1. The maximum Gasteiger partial charge on any atom is 0.153 e. The van der Waals surface area contributed by atoms with Crippen molar-refractivity contribution >= 4 is 22.2 Å². The van der Waals surface area contributed by atoms with Gasteiger partial charge in [-0.05, 0) is 35.0 Å². The quantitative estimate of drug-likeness (QED) is 0.782. The molecule has 2 aromatic rings. The molecule has 0 atom stereocenters. The first-order valence-electron chi connectivity index (χ1n) is 4.48. The summed E-state index contributed by atoms with van der Waals surface area (Å²) in [4.78, 5) is 10.7. The third kappa shape index (κ3) is 1.72. The van der Waals surface area contributed by atoms with Gasteiger partial charge in [0.05, 0.1) is 23.1 Å². The van der Waals surface area contributed by atoms with Crippen LogP contribution in [-0.4, -0.2) is 16.1 Å². The Labute approximate surface area is 95.9 Å². The van der Waals surface area contributed by atoms with Gasteiger partial charge < -0.3 is 0 Å². The van der Waals surface area contributed by atoms with Gasteiger partial charge in [-0.2, -0.15) is 5.10 Å². The van der Waals surface area contributed by atoms with Crippen molar-refractivity contribution in [2.75, 3.05) is 0 Å². The topological polar surface area (TPSA) is 34.9 Å². The van der Waals surface area contributed by atoms with Gasteiger partial charge in [-0.15, -0.1) is 0 Å². The lowest BCUT2D eigenvalue weighted by Crippen LogP contribution is -2.00. The highest BCUT2D eigenvalue weighted by atomic mass is 79.9. The van der Waals surface area contributed by atoms with Gasteiger partial charge >= 0.3 is 0 Å². The summed E-state index contributed by atoms with van der Waals surface area (Å²) >= 11 is 3.45. The predicted octanol–water partition coefficient (Wildman–Crippen LogP) is 2.76. The fourth-order valence-corrected chi connectivity index (χ4v) is 1.86. The van der Waals surface area contributed by atoms with Crippen LogP contribution < -0.4 is 0 Å². The number of hydrogen-bond donors (Lipinski definition) is 0. The van der Waals surface area contributed by atoms with E-state index in [4.69, 9.17) is 0 Å². The molecule has 4 heteroatoms. The van der Waals surface area contributed by atoms with Crippen LogP contribution in [0.25, 0.3) is 5.69 Å². The van der Waals surface area contributed by atoms with E-state index in [1.807, 2.05) is 31.2 Å². The fraction of sp³-hybridized carbons (Fsp3) is 0.0909. The number of hydrogen-bond acceptors (Lipinski definition) is 2. The number of para-hydroxylation sites is 1. The lowest BCUT2D eigenvalue weighted by Gasteiger charge is -2.06. The van der Waals surface area contributed by atoms with Crippen LogP contribution >= 0.6 is 15.9 Å². The molecule has 0 N–H and O–H groups in total. The van der Waals surface area contributed by atoms with Gasteiger partial charge in [0.15, 0.2) is 6.29 Å². The zero-order valence-corrected chi connectivity index (χ0v) is 9.73. The number of aromatic nitrogens is 2. The van der Waals surface area contributed by atoms with E-state index in [2.05, 4.69) is 21.0 Å². The highest BCUT2D eigenvalue weighted by molar-refractivity contribution is 9.10. The minimum atomic E-state index is 0.616. The van der Waals surface area contributed by atoms with Crippen molar-refractivity contribution in [2.45, 2.75) is 6.92 Å². The molecule has 0 aliphatic rings. The first kappa shape index (κ1) is 10.1. The van der Waals surface area contributed by atoms with Gasteiger partial charge in [0.25, 0.3) is 0 Å². The Morgan fingerprint density at radius 2 is 2.13 bits per heavy atom. The fourth-order valence-electron chi connectivity index (χ4n) is 1.40. The second kappa shape index (κ2) is 3.98. The average molecular weight is 265 g/mol. The summed E-state index contributed by atoms with van der Waals surface area (Å²) in [5.74, 6) is 0. The van der Waals surface area contributed by atoms with Crippen molar-refractivity contribution in [3.05, 3.63) is 46.2 Å². The second-order valence-electron chi connectivity index (χ2n) is 3.17. The summed E-state index contributed by atoms with van der Waals surface area (Å²) in [6, 6.07) is 7.75. The van der Waals surface area contributed by atoms with Crippen molar-refractivity contribution < 1.29 is 4.79 Å². The van der Waals surface area contributed by atoms with Gasteiger partial charge in [-0.25, -0.2) is 4.68 Å². The molecule has 0 radical (unpaired) electrons. The third-order valence-electron chi connectivity index (χ3n) is 2.26. The number of carbonyl (C=O) groups is 1. The Morgan fingerprint density at radius 1 is 1.40 bits per heavy atom. The van der Waals surface area contributed by atoms with Crippen LogP contribution in [0.4, 0.5) is 0 Å². The minimum absolute atomic E-state index is 0.616. The highest BCUT2D eigenvalue weighted by Gasteiger charge is 2.08. The van der Waals surface area contributed by atoms with Gasteiger partial charge in [0, 0.05) is 4.47 Å². The van der Waals surface area contributed by atoms with Crippen LogP contribution in [0, 0.1) is 6.92 Å². The molecule has 76 valence electrons. The summed E-state index contributed by atoms with van der Waals surface area (Å²) in [5, 5.41) is 4.17. The van der Waals surface area contributed by atoms with E-state index in [0.29, 0.717) is 5.56 Å². The standard InChI is InChI=1S/C11H9BrN2O/c1-8-9(7-15)6-13-14(8)11-5-3-2-4-10(11)12/h2-7H,1H3. The summed E-state index contributed by atoms with van der Waals surface area (Å²) in [7, 11) is 0. The van der Waals surface area contributed by atoms with E-state index < -0.39 is 0 Å². The summed E-state index contributed by atoms with van der Waals surface area (Å²) in [6.07, 6.45) is 2.39. The zero-order chi connectivity index (χ0) is 10.8. The van der Waals surface area contributed by atoms with E-state index >= 15 is 0 Å². The largest absolute Gasteiger partial charge is 0.298 e. The number of carbonyl (C=O) groups excluding carboxylic acids is 1. The summed E-state index contributed by atoms with van der Waals surface area (Å²) < 4.78 is 2.70. The van der Waals surface area contributed by atoms with Crippen molar-refractivity contribution in [2.24, 2.45) is 0 Å². The Kier molecular flexibility index (Phi) is 2.68. The van der Waals surface area contributed by atoms with Crippen LogP contribution in [0.15, 0.2) is 34.9 Å². The maximum atomic E-state index is 10.7. The molecule has 0 unspecified atom stereocenters. The molecule has 3 nitrogen and oxygen atoms in total. The molecule has 0 aliphatic carbocycles. The highest BCUT2D eigenvalue weighted by Crippen LogP contribution is 2.21. The molecule has 2 rings (SSSR count). The Bertz CT molecular complexity index is 505. The average Bonchev–Trinajstić information content (AvgIpc) is 2.60. The van der Waals surface area contributed by atoms with Crippen LogP contribution in [0.2, 0.25) is 0 Å². The van der Waals surface area contributed by atoms with E-state index in [-0.39, 0.29) is 0 Å². The molecule has 1 aromatic carbocycles. The van der Waals surface area contributed by atoms with Crippen molar-refractivity contribution in [1.29, 1.82) is 0 Å². The molecule has 1 heterocycles. The van der Waals surface area contributed by atoms with Crippen LogP contribution in [0.3, 0.4) is 0 Å². The zero-order valence-electron chi connectivity index (χ0n) is 8.14. The van der Waals surface area contributed by atoms with Gasteiger partial charge in [0.2, 0.25) is 0 Å². The van der Waals surface area contributed by atoms with Gasteiger partial charge in [0.1, 0.15) is 0 Å². The second-order valence-corrected chi connectivity index (χ2v) is 4.02. The normalized spacial score (nSPS) is 10.3. The Hall–Kier alpha value is -1.42. The number of halogens is 1. The number of nitrogens with zero attached hydrogens (tertiary/aromatic N) is 2. The molecule has 0 amide bonds. The molecular weight excluding hydrogens is 256 g/mol. The molecule has 0 spiro atoms. The van der Waals surface area contributed by atoms with Crippen molar-refractivity contribution in [3.8, 4) is 5.69 Å². The van der Waals surface area contributed by atoms with E-state index in [1.165, 1.54) is 0 Å². The molecule has 0 saturated heterocycles. The van der Waals surface area contributed by atoms with E-state index in [0.717, 1.165) is 22.1 Å². The van der Waals surface area contributed by atoms with Crippen LogP contribution in [0.1, 0.15) is 16.1 Å². The lowest BCUT2D eigenvalue weighted by atomic mass is 10.2. The molecule has 0 bridgehead atoms. The number of rotatable bonds is 2. The maximum absolute atomic E-state index is 10.7. The van der Waals surface area contributed by atoms with Crippen molar-refractivity contribution in [3.63, 3.8) is 0 Å². The molecule has 15 heavy (non-hydrogen) atoms. The monoisotopic (exact) mass is 264 g/mol. The SMILES string of the molecule is Cc1c(C=O)cnn1-c1ccccc1Br. The van der Waals surface area contributed by atoms with Crippen LogP contribution in [-0.2, 0) is 0 Å². The first-order chi connectivity index (χ1) is 7.24. The predicted molar refractivity (Wildman–Crippen MR) is 61.4 cm³/mol. The van der Waals surface area contributed by atoms with Crippen molar-refractivity contribution in [1.82, 2.24) is 9.78 Å². The smallest absolute Gasteiger partial charge is 0.153 e. The first-order valence-corrected chi connectivity index (χ1v) is 5.28. The minimum Gasteiger partial charge on any atom is -0.298 e. The lowest BCUT2D eigenvalue weighted by molar-refractivity contribution is 0.112. The van der Waals surface area contributed by atoms with Gasteiger partial charge in [-0.3, -0.25) is 4.79 Å². The summed E-state index contributed by atoms with van der Waals surface area (Å²) in [6.45, 7) is 1.87. The molecule has 1 aromatic heterocycles. The van der Waals surface area contributed by atoms with Gasteiger partial charge in [-0.1, -0.05) is 12.1 Å².